The average molecular weight is 253 g/mol. The molecule has 0 spiro atoms. The van der Waals surface area contributed by atoms with Crippen LogP contribution in [0.1, 0.15) is 23.1 Å². The lowest BCUT2D eigenvalue weighted by atomic mass is 10.2. The summed E-state index contributed by atoms with van der Waals surface area (Å²) in [5.41, 5.74) is 1.50. The van der Waals surface area contributed by atoms with E-state index < -0.39 is 0 Å². The number of rotatable bonds is 3. The second-order valence-corrected chi connectivity index (χ2v) is 4.42. The van der Waals surface area contributed by atoms with E-state index in [1.54, 1.807) is 16.6 Å². The number of aryl methyl sites for hydroxylation is 2. The molecule has 6 heteroatoms. The highest BCUT2D eigenvalue weighted by Crippen LogP contribution is 2.11. The minimum Gasteiger partial charge on any atom is -0.394 e. The lowest BCUT2D eigenvalue weighted by molar-refractivity contribution is -0.0449. The van der Waals surface area contributed by atoms with Gasteiger partial charge in [-0.05, 0) is 12.5 Å². The molecule has 0 saturated carbocycles. The van der Waals surface area contributed by atoms with Gasteiger partial charge in [-0.1, -0.05) is 6.92 Å². The van der Waals surface area contributed by atoms with E-state index in [0.717, 1.165) is 12.1 Å². The monoisotopic (exact) mass is 253 g/mol. The van der Waals surface area contributed by atoms with Crippen LogP contribution in [0.2, 0.25) is 0 Å². The molecular weight excluding hydrogens is 234 g/mol. The van der Waals surface area contributed by atoms with Crippen molar-refractivity contribution in [3.8, 4) is 0 Å². The van der Waals surface area contributed by atoms with Gasteiger partial charge in [-0.3, -0.25) is 9.48 Å². The number of amides is 1. The summed E-state index contributed by atoms with van der Waals surface area (Å²) in [6.45, 7) is 3.40. The molecule has 1 aromatic heterocycles. The van der Waals surface area contributed by atoms with Crippen LogP contribution in [0, 0.1) is 0 Å². The molecule has 1 unspecified atom stereocenters. The fourth-order valence-corrected chi connectivity index (χ4v) is 2.08. The quantitative estimate of drug-likeness (QED) is 0.811. The Labute approximate surface area is 106 Å². The smallest absolute Gasteiger partial charge is 0.272 e. The van der Waals surface area contributed by atoms with Crippen molar-refractivity contribution in [1.82, 2.24) is 14.7 Å². The number of hydrogen-bond donors (Lipinski definition) is 1. The van der Waals surface area contributed by atoms with Crippen LogP contribution in [0.25, 0.3) is 0 Å². The van der Waals surface area contributed by atoms with Crippen LogP contribution in [-0.4, -0.2) is 58.1 Å². The highest BCUT2D eigenvalue weighted by atomic mass is 16.5. The maximum absolute atomic E-state index is 12.3. The number of aromatic nitrogens is 2. The third-order valence-electron chi connectivity index (χ3n) is 3.14. The number of carbonyl (C=O) groups is 1. The first kappa shape index (κ1) is 13.0. The predicted molar refractivity (Wildman–Crippen MR) is 65.3 cm³/mol. The third-order valence-corrected chi connectivity index (χ3v) is 3.14. The number of ether oxygens (including phenoxy) is 1. The second kappa shape index (κ2) is 5.49. The molecular formula is C12H19N3O3. The zero-order chi connectivity index (χ0) is 13.1. The topological polar surface area (TPSA) is 67.6 Å². The summed E-state index contributed by atoms with van der Waals surface area (Å²) in [6.07, 6.45) is 0.533. The predicted octanol–water partition coefficient (Wildman–Crippen LogP) is -0.184. The lowest BCUT2D eigenvalue weighted by Crippen LogP contribution is -2.47. The van der Waals surface area contributed by atoms with Crippen molar-refractivity contribution in [3.63, 3.8) is 0 Å². The van der Waals surface area contributed by atoms with Gasteiger partial charge in [0.25, 0.3) is 5.91 Å². The number of hydrogen-bond acceptors (Lipinski definition) is 4. The first-order valence-corrected chi connectivity index (χ1v) is 6.20. The van der Waals surface area contributed by atoms with Crippen LogP contribution >= 0.6 is 0 Å². The summed E-state index contributed by atoms with van der Waals surface area (Å²) >= 11 is 0. The molecule has 2 rings (SSSR count). The molecule has 18 heavy (non-hydrogen) atoms. The minimum atomic E-state index is -0.276. The molecule has 0 radical (unpaired) electrons. The SMILES string of the molecule is CCc1cc(C(=O)N2CCOC(CO)C2)n(C)n1. The van der Waals surface area contributed by atoms with Gasteiger partial charge in [-0.15, -0.1) is 0 Å². The van der Waals surface area contributed by atoms with Gasteiger partial charge >= 0.3 is 0 Å². The fourth-order valence-electron chi connectivity index (χ4n) is 2.08. The molecule has 1 fully saturated rings. The van der Waals surface area contributed by atoms with E-state index in [0.29, 0.717) is 25.4 Å². The van der Waals surface area contributed by atoms with Gasteiger partial charge < -0.3 is 14.7 Å². The molecule has 1 aliphatic rings. The normalized spacial score (nSPS) is 20.2. The van der Waals surface area contributed by atoms with E-state index in [9.17, 15) is 4.79 Å². The van der Waals surface area contributed by atoms with Crippen molar-refractivity contribution in [1.29, 1.82) is 0 Å². The highest BCUT2D eigenvalue weighted by Gasteiger charge is 2.26. The van der Waals surface area contributed by atoms with Crippen LogP contribution in [0.15, 0.2) is 6.07 Å². The number of morpholine rings is 1. The molecule has 0 aromatic carbocycles. The van der Waals surface area contributed by atoms with Crippen molar-refractivity contribution in [2.75, 3.05) is 26.3 Å². The number of aliphatic hydroxyl groups is 1. The van der Waals surface area contributed by atoms with Gasteiger partial charge in [-0.25, -0.2) is 0 Å². The maximum atomic E-state index is 12.3. The summed E-state index contributed by atoms with van der Waals surface area (Å²) < 4.78 is 6.95. The Morgan fingerprint density at radius 3 is 3.06 bits per heavy atom. The van der Waals surface area contributed by atoms with E-state index in [4.69, 9.17) is 9.84 Å². The molecule has 6 nitrogen and oxygen atoms in total. The van der Waals surface area contributed by atoms with E-state index in [1.165, 1.54) is 0 Å². The zero-order valence-electron chi connectivity index (χ0n) is 10.8. The lowest BCUT2D eigenvalue weighted by Gasteiger charge is -2.31. The highest BCUT2D eigenvalue weighted by molar-refractivity contribution is 5.92. The molecule has 0 bridgehead atoms. The van der Waals surface area contributed by atoms with E-state index >= 15 is 0 Å². The van der Waals surface area contributed by atoms with Gasteiger partial charge in [0.2, 0.25) is 0 Å². The molecule has 1 saturated heterocycles. The van der Waals surface area contributed by atoms with Gasteiger partial charge in [-0.2, -0.15) is 5.10 Å². The third kappa shape index (κ3) is 2.54. The Morgan fingerprint density at radius 2 is 2.44 bits per heavy atom. The number of carbonyl (C=O) groups excluding carboxylic acids is 1. The Kier molecular flexibility index (Phi) is 3.98. The van der Waals surface area contributed by atoms with E-state index in [2.05, 4.69) is 5.10 Å². The number of aliphatic hydroxyl groups excluding tert-OH is 1. The Balaban J connectivity index is 2.12. The number of nitrogens with zero attached hydrogens (tertiary/aromatic N) is 3. The van der Waals surface area contributed by atoms with Gasteiger partial charge in [0.05, 0.1) is 25.0 Å². The molecule has 1 aliphatic heterocycles. The minimum absolute atomic E-state index is 0.0496. The van der Waals surface area contributed by atoms with Crippen molar-refractivity contribution in [3.05, 3.63) is 17.5 Å². The molecule has 1 atom stereocenters. The molecule has 1 amide bonds. The van der Waals surface area contributed by atoms with Crippen molar-refractivity contribution in [2.45, 2.75) is 19.4 Å². The van der Waals surface area contributed by atoms with Crippen LogP contribution in [-0.2, 0) is 18.2 Å². The largest absolute Gasteiger partial charge is 0.394 e. The average Bonchev–Trinajstić information content (AvgIpc) is 2.79. The van der Waals surface area contributed by atoms with Crippen LogP contribution in [0.3, 0.4) is 0 Å². The van der Waals surface area contributed by atoms with Crippen LogP contribution < -0.4 is 0 Å². The van der Waals surface area contributed by atoms with E-state index in [1.807, 2.05) is 13.0 Å². The summed E-state index contributed by atoms with van der Waals surface area (Å²) in [4.78, 5) is 14.0. The maximum Gasteiger partial charge on any atom is 0.272 e. The van der Waals surface area contributed by atoms with Crippen molar-refractivity contribution >= 4 is 5.91 Å². The van der Waals surface area contributed by atoms with Gasteiger partial charge in [0.15, 0.2) is 0 Å². The first-order chi connectivity index (χ1) is 8.65. The molecule has 2 heterocycles. The second-order valence-electron chi connectivity index (χ2n) is 4.42. The summed E-state index contributed by atoms with van der Waals surface area (Å²) in [5, 5.41) is 13.4. The van der Waals surface area contributed by atoms with Crippen LogP contribution in [0.4, 0.5) is 0 Å². The summed E-state index contributed by atoms with van der Waals surface area (Å²) in [5.74, 6) is -0.0496. The Hall–Kier alpha value is -1.40. The molecule has 100 valence electrons. The standard InChI is InChI=1S/C12H19N3O3/c1-3-9-6-11(14(2)13-9)12(17)15-4-5-18-10(7-15)8-16/h6,10,16H,3-5,7-8H2,1-2H3. The van der Waals surface area contributed by atoms with E-state index in [-0.39, 0.29) is 18.6 Å². The Morgan fingerprint density at radius 1 is 1.67 bits per heavy atom. The summed E-state index contributed by atoms with van der Waals surface area (Å²) in [7, 11) is 1.77. The van der Waals surface area contributed by atoms with Crippen molar-refractivity contribution < 1.29 is 14.6 Å². The Bertz CT molecular complexity index is 430. The van der Waals surface area contributed by atoms with Crippen LogP contribution in [0.5, 0.6) is 0 Å². The molecule has 0 aliphatic carbocycles. The molecule has 1 aromatic rings. The zero-order valence-corrected chi connectivity index (χ0v) is 10.8. The fraction of sp³-hybridized carbons (Fsp3) is 0.667. The molecule has 1 N–H and O–H groups in total. The first-order valence-electron chi connectivity index (χ1n) is 6.20. The van der Waals surface area contributed by atoms with Gasteiger partial charge in [0, 0.05) is 20.1 Å². The van der Waals surface area contributed by atoms with Crippen molar-refractivity contribution in [2.24, 2.45) is 7.05 Å². The van der Waals surface area contributed by atoms with Gasteiger partial charge in [0.1, 0.15) is 5.69 Å². The summed E-state index contributed by atoms with van der Waals surface area (Å²) in [6, 6.07) is 1.83.